The van der Waals surface area contributed by atoms with Crippen molar-refractivity contribution in [1.82, 2.24) is 0 Å². The molecule has 1 rings (SSSR count). The fourth-order valence-corrected chi connectivity index (χ4v) is 2.09. The van der Waals surface area contributed by atoms with Gasteiger partial charge in [-0.3, -0.25) is 10.1 Å². The summed E-state index contributed by atoms with van der Waals surface area (Å²) in [5, 5.41) is 10.7. The second-order valence-corrected chi connectivity index (χ2v) is 4.47. The van der Waals surface area contributed by atoms with E-state index in [0.717, 1.165) is 18.4 Å². The Kier molecular flexibility index (Phi) is 6.30. The molecule has 0 aliphatic rings. The van der Waals surface area contributed by atoms with Crippen molar-refractivity contribution in [2.45, 2.75) is 44.9 Å². The molecule has 3 nitrogen and oxygen atoms in total. The fourth-order valence-electron chi connectivity index (χ4n) is 2.09. The summed E-state index contributed by atoms with van der Waals surface area (Å²) in [4.78, 5) is 10.5. The number of rotatable bonds is 8. The van der Waals surface area contributed by atoms with Crippen LogP contribution in [0.1, 0.15) is 50.5 Å². The van der Waals surface area contributed by atoms with Crippen LogP contribution in [0, 0.1) is 10.1 Å². The van der Waals surface area contributed by atoms with Gasteiger partial charge in [-0.05, 0) is 12.0 Å². The van der Waals surface area contributed by atoms with E-state index < -0.39 is 0 Å². The van der Waals surface area contributed by atoms with E-state index in [2.05, 4.69) is 6.92 Å². The molecule has 0 heterocycles. The van der Waals surface area contributed by atoms with Crippen molar-refractivity contribution in [1.29, 1.82) is 0 Å². The summed E-state index contributed by atoms with van der Waals surface area (Å²) in [5.74, 6) is 0.0723. The quantitative estimate of drug-likeness (QED) is 0.388. The molecular formula is C14H21NO2. The summed E-state index contributed by atoms with van der Waals surface area (Å²) < 4.78 is 0. The molecule has 0 radical (unpaired) electrons. The summed E-state index contributed by atoms with van der Waals surface area (Å²) >= 11 is 0. The standard InChI is InChI=1S/C14H21NO2/c1-2-3-4-6-11-14(12-15(16)17)13-9-7-5-8-10-13/h5,7-10,14H,2-4,6,11-12H2,1H3/t14-/m1/s1. The zero-order valence-electron chi connectivity index (χ0n) is 10.5. The van der Waals surface area contributed by atoms with Crippen LogP contribution < -0.4 is 0 Å². The van der Waals surface area contributed by atoms with E-state index in [9.17, 15) is 10.1 Å². The van der Waals surface area contributed by atoms with Gasteiger partial charge in [0.25, 0.3) is 0 Å². The monoisotopic (exact) mass is 235 g/mol. The summed E-state index contributed by atoms with van der Waals surface area (Å²) in [6, 6.07) is 9.84. The van der Waals surface area contributed by atoms with E-state index in [1.807, 2.05) is 30.3 Å². The SMILES string of the molecule is CCCCCC[C@H](C[N+](=O)[O-])c1ccccc1. The Bertz CT molecular complexity index is 324. The molecule has 3 heteroatoms. The van der Waals surface area contributed by atoms with Gasteiger partial charge in [-0.25, -0.2) is 0 Å². The van der Waals surface area contributed by atoms with Gasteiger partial charge in [-0.15, -0.1) is 0 Å². The van der Waals surface area contributed by atoms with Crippen LogP contribution in [0.25, 0.3) is 0 Å². The molecule has 0 spiro atoms. The number of nitrogens with zero attached hydrogens (tertiary/aromatic N) is 1. The van der Waals surface area contributed by atoms with Crippen molar-refractivity contribution < 1.29 is 4.92 Å². The van der Waals surface area contributed by atoms with Gasteiger partial charge in [0.2, 0.25) is 6.54 Å². The summed E-state index contributed by atoms with van der Waals surface area (Å²) in [5.41, 5.74) is 1.10. The van der Waals surface area contributed by atoms with Gasteiger partial charge in [-0.2, -0.15) is 0 Å². The van der Waals surface area contributed by atoms with Crippen molar-refractivity contribution in [2.24, 2.45) is 0 Å². The normalized spacial score (nSPS) is 12.3. The maximum Gasteiger partial charge on any atom is 0.210 e. The highest BCUT2D eigenvalue weighted by Crippen LogP contribution is 2.22. The molecule has 0 aliphatic heterocycles. The third-order valence-corrected chi connectivity index (χ3v) is 3.05. The van der Waals surface area contributed by atoms with E-state index in [1.54, 1.807) is 0 Å². The van der Waals surface area contributed by atoms with Crippen molar-refractivity contribution in [2.75, 3.05) is 6.54 Å². The van der Waals surface area contributed by atoms with E-state index in [1.165, 1.54) is 19.3 Å². The zero-order valence-corrected chi connectivity index (χ0v) is 10.5. The van der Waals surface area contributed by atoms with Crippen LogP contribution in [0.2, 0.25) is 0 Å². The third-order valence-electron chi connectivity index (χ3n) is 3.05. The van der Waals surface area contributed by atoms with E-state index >= 15 is 0 Å². The van der Waals surface area contributed by atoms with Gasteiger partial charge in [0, 0.05) is 10.8 Å². The van der Waals surface area contributed by atoms with Crippen LogP contribution in [0.5, 0.6) is 0 Å². The van der Waals surface area contributed by atoms with Crippen LogP contribution in [0.4, 0.5) is 0 Å². The zero-order chi connectivity index (χ0) is 12.5. The minimum Gasteiger partial charge on any atom is -0.265 e. The number of hydrogen-bond acceptors (Lipinski definition) is 2. The molecule has 1 aromatic rings. The Morgan fingerprint density at radius 1 is 1.18 bits per heavy atom. The number of hydrogen-bond donors (Lipinski definition) is 0. The molecule has 0 N–H and O–H groups in total. The second kappa shape index (κ2) is 7.82. The van der Waals surface area contributed by atoms with E-state index in [-0.39, 0.29) is 17.4 Å². The predicted octanol–water partition coefficient (Wildman–Crippen LogP) is 4.02. The van der Waals surface area contributed by atoms with Crippen LogP contribution >= 0.6 is 0 Å². The average Bonchev–Trinajstić information content (AvgIpc) is 2.34. The summed E-state index contributed by atoms with van der Waals surface area (Å²) in [6.45, 7) is 2.22. The minimum absolute atomic E-state index is 0.0517. The van der Waals surface area contributed by atoms with Crippen molar-refractivity contribution in [3.63, 3.8) is 0 Å². The molecule has 94 valence electrons. The lowest BCUT2D eigenvalue weighted by molar-refractivity contribution is -0.483. The Hall–Kier alpha value is -1.38. The maximum atomic E-state index is 10.7. The molecule has 1 atom stereocenters. The fraction of sp³-hybridized carbons (Fsp3) is 0.571. The molecule has 0 aromatic heterocycles. The summed E-state index contributed by atoms with van der Waals surface area (Å²) in [7, 11) is 0. The highest BCUT2D eigenvalue weighted by atomic mass is 16.6. The Balaban J connectivity index is 2.52. The van der Waals surface area contributed by atoms with E-state index in [4.69, 9.17) is 0 Å². The lowest BCUT2D eigenvalue weighted by Gasteiger charge is -2.12. The maximum absolute atomic E-state index is 10.7. The first kappa shape index (κ1) is 13.7. The molecule has 0 bridgehead atoms. The minimum atomic E-state index is -0.197. The Morgan fingerprint density at radius 2 is 1.88 bits per heavy atom. The molecule has 0 saturated heterocycles. The highest BCUT2D eigenvalue weighted by molar-refractivity contribution is 5.19. The predicted molar refractivity (Wildman–Crippen MR) is 69.8 cm³/mol. The average molecular weight is 235 g/mol. The first-order valence-electron chi connectivity index (χ1n) is 6.40. The van der Waals surface area contributed by atoms with Gasteiger partial charge in [0.15, 0.2) is 0 Å². The molecular weight excluding hydrogens is 214 g/mol. The molecule has 0 unspecified atom stereocenters. The summed E-state index contributed by atoms with van der Waals surface area (Å²) in [6.07, 6.45) is 5.61. The molecule has 0 amide bonds. The smallest absolute Gasteiger partial charge is 0.210 e. The first-order chi connectivity index (χ1) is 8.24. The molecule has 0 fully saturated rings. The first-order valence-corrected chi connectivity index (χ1v) is 6.40. The number of nitro groups is 1. The third kappa shape index (κ3) is 5.48. The van der Waals surface area contributed by atoms with E-state index in [0.29, 0.717) is 0 Å². The Labute approximate surface area is 103 Å². The second-order valence-electron chi connectivity index (χ2n) is 4.47. The lowest BCUT2D eigenvalue weighted by Crippen LogP contribution is -2.12. The molecule has 1 aromatic carbocycles. The van der Waals surface area contributed by atoms with Crippen LogP contribution in [-0.4, -0.2) is 11.5 Å². The lowest BCUT2D eigenvalue weighted by atomic mass is 9.93. The van der Waals surface area contributed by atoms with Gasteiger partial charge in [0.05, 0.1) is 0 Å². The van der Waals surface area contributed by atoms with Crippen molar-refractivity contribution >= 4 is 0 Å². The molecule has 17 heavy (non-hydrogen) atoms. The van der Waals surface area contributed by atoms with Crippen molar-refractivity contribution in [3.8, 4) is 0 Å². The van der Waals surface area contributed by atoms with Crippen LogP contribution in [0.15, 0.2) is 30.3 Å². The van der Waals surface area contributed by atoms with Gasteiger partial charge < -0.3 is 0 Å². The number of benzene rings is 1. The van der Waals surface area contributed by atoms with Crippen LogP contribution in [0.3, 0.4) is 0 Å². The van der Waals surface area contributed by atoms with Gasteiger partial charge in [0.1, 0.15) is 0 Å². The highest BCUT2D eigenvalue weighted by Gasteiger charge is 2.16. The Morgan fingerprint density at radius 3 is 2.47 bits per heavy atom. The largest absolute Gasteiger partial charge is 0.265 e. The number of unbranched alkanes of at least 4 members (excludes halogenated alkanes) is 3. The molecule has 0 saturated carbocycles. The topological polar surface area (TPSA) is 43.1 Å². The van der Waals surface area contributed by atoms with Gasteiger partial charge in [-0.1, -0.05) is 62.9 Å². The molecule has 0 aliphatic carbocycles. The van der Waals surface area contributed by atoms with Crippen LogP contribution in [-0.2, 0) is 0 Å². The van der Waals surface area contributed by atoms with Gasteiger partial charge >= 0.3 is 0 Å². The van der Waals surface area contributed by atoms with Crippen molar-refractivity contribution in [3.05, 3.63) is 46.0 Å².